The van der Waals surface area contributed by atoms with Gasteiger partial charge in [-0.1, -0.05) is 29.3 Å². The van der Waals surface area contributed by atoms with E-state index in [0.717, 1.165) is 24.8 Å². The van der Waals surface area contributed by atoms with Gasteiger partial charge < -0.3 is 0 Å². The van der Waals surface area contributed by atoms with Gasteiger partial charge in [-0.2, -0.15) is 0 Å². The normalized spacial score (nSPS) is 16.4. The molecule has 1 N–H and O–H groups in total. The summed E-state index contributed by atoms with van der Waals surface area (Å²) < 4.78 is 26.8. The summed E-state index contributed by atoms with van der Waals surface area (Å²) in [5.41, 5.74) is 2.26. The number of aryl methyl sites for hydroxylation is 1. The topological polar surface area (TPSA) is 46.2 Å². The lowest BCUT2D eigenvalue weighted by Crippen LogP contribution is -2.26. The van der Waals surface area contributed by atoms with E-state index in [1.54, 1.807) is 12.1 Å². The second-order valence-corrected chi connectivity index (χ2v) is 6.51. The van der Waals surface area contributed by atoms with Crippen LogP contribution in [-0.2, 0) is 10.0 Å². The van der Waals surface area contributed by atoms with Crippen molar-refractivity contribution in [3.63, 3.8) is 0 Å². The molecule has 1 aliphatic rings. The number of rotatable bonds is 4. The fourth-order valence-corrected chi connectivity index (χ4v) is 3.09. The molecule has 1 aromatic carbocycles. The van der Waals surface area contributed by atoms with Gasteiger partial charge >= 0.3 is 0 Å². The Morgan fingerprint density at radius 3 is 2.50 bits per heavy atom. The molecular formula is C14H19NO2S. The molecule has 0 aliphatic heterocycles. The highest BCUT2D eigenvalue weighted by Gasteiger charge is 2.14. The van der Waals surface area contributed by atoms with Crippen LogP contribution in [0.15, 0.2) is 40.8 Å². The van der Waals surface area contributed by atoms with E-state index in [-0.39, 0.29) is 0 Å². The van der Waals surface area contributed by atoms with E-state index in [2.05, 4.69) is 10.8 Å². The van der Waals surface area contributed by atoms with Crippen LogP contribution in [0.3, 0.4) is 0 Å². The van der Waals surface area contributed by atoms with Crippen molar-refractivity contribution in [2.75, 3.05) is 6.54 Å². The molecule has 0 aromatic heterocycles. The molecule has 0 saturated heterocycles. The molecule has 0 heterocycles. The minimum atomic E-state index is -3.37. The zero-order valence-electron chi connectivity index (χ0n) is 10.6. The van der Waals surface area contributed by atoms with Crippen LogP contribution in [0.25, 0.3) is 0 Å². The smallest absolute Gasteiger partial charge is 0.207 e. The van der Waals surface area contributed by atoms with E-state index < -0.39 is 10.0 Å². The van der Waals surface area contributed by atoms with E-state index in [1.165, 1.54) is 12.0 Å². The third kappa shape index (κ3) is 3.43. The zero-order valence-corrected chi connectivity index (χ0v) is 11.5. The molecule has 3 nitrogen and oxygen atoms in total. The Kier molecular flexibility index (Phi) is 4.19. The maximum Gasteiger partial charge on any atom is 0.240 e. The lowest BCUT2D eigenvalue weighted by atomic mass is 10.0. The molecule has 0 bridgehead atoms. The minimum absolute atomic E-state index is 0.338. The van der Waals surface area contributed by atoms with Crippen molar-refractivity contribution >= 4 is 10.0 Å². The highest BCUT2D eigenvalue weighted by atomic mass is 32.2. The van der Waals surface area contributed by atoms with Gasteiger partial charge in [-0.15, -0.1) is 0 Å². The van der Waals surface area contributed by atoms with Gasteiger partial charge in [0.2, 0.25) is 10.0 Å². The first-order chi connectivity index (χ1) is 8.58. The van der Waals surface area contributed by atoms with Crippen molar-refractivity contribution in [2.24, 2.45) is 0 Å². The molecule has 2 rings (SSSR count). The first kappa shape index (κ1) is 13.3. The number of nitrogens with one attached hydrogen (secondary N) is 1. The van der Waals surface area contributed by atoms with Gasteiger partial charge in [0.25, 0.3) is 0 Å². The average Bonchev–Trinajstić information content (AvgIpc) is 2.38. The number of hydrogen-bond acceptors (Lipinski definition) is 2. The van der Waals surface area contributed by atoms with Gasteiger partial charge in [-0.25, -0.2) is 13.1 Å². The Morgan fingerprint density at radius 2 is 1.89 bits per heavy atom. The maximum absolute atomic E-state index is 12.0. The van der Waals surface area contributed by atoms with Crippen LogP contribution in [-0.4, -0.2) is 15.0 Å². The number of sulfonamides is 1. The summed E-state index contributed by atoms with van der Waals surface area (Å²) in [7, 11) is -3.37. The molecule has 1 aromatic rings. The Hall–Kier alpha value is -1.13. The van der Waals surface area contributed by atoms with Crippen molar-refractivity contribution in [1.82, 2.24) is 4.72 Å². The van der Waals surface area contributed by atoms with E-state index in [4.69, 9.17) is 0 Å². The summed E-state index contributed by atoms with van der Waals surface area (Å²) in [5, 5.41) is 0. The van der Waals surface area contributed by atoms with Gasteiger partial charge in [-0.05, 0) is 44.7 Å². The van der Waals surface area contributed by atoms with Crippen LogP contribution >= 0.6 is 0 Å². The van der Waals surface area contributed by atoms with E-state index >= 15 is 0 Å². The molecule has 0 atom stereocenters. The number of allylic oxidation sites excluding steroid dienone is 1. The molecule has 0 radical (unpaired) electrons. The standard InChI is InChI=1S/C14H19NO2S/c1-12-7-9-14(10-8-12)18(16,17)15-11-13-5-3-2-4-6-13/h5,7-10,15H,2-4,6,11H2,1H3. The number of hydrogen-bond donors (Lipinski definition) is 1. The quantitative estimate of drug-likeness (QED) is 0.851. The van der Waals surface area contributed by atoms with Gasteiger partial charge in [0.05, 0.1) is 4.90 Å². The van der Waals surface area contributed by atoms with Gasteiger partial charge in [0.1, 0.15) is 0 Å². The second-order valence-electron chi connectivity index (χ2n) is 4.75. The fourth-order valence-electron chi connectivity index (χ4n) is 2.05. The van der Waals surface area contributed by atoms with Crippen LogP contribution in [0.2, 0.25) is 0 Å². The van der Waals surface area contributed by atoms with Crippen LogP contribution in [0.4, 0.5) is 0 Å². The largest absolute Gasteiger partial charge is 0.240 e. The third-order valence-corrected chi connectivity index (χ3v) is 4.62. The second kappa shape index (κ2) is 5.67. The van der Waals surface area contributed by atoms with Crippen LogP contribution in [0.1, 0.15) is 31.2 Å². The van der Waals surface area contributed by atoms with E-state index in [0.29, 0.717) is 11.4 Å². The van der Waals surface area contributed by atoms with Crippen molar-refractivity contribution in [1.29, 1.82) is 0 Å². The molecule has 1 aliphatic carbocycles. The monoisotopic (exact) mass is 265 g/mol. The molecule has 0 unspecified atom stereocenters. The lowest BCUT2D eigenvalue weighted by molar-refractivity contribution is 0.582. The molecule has 98 valence electrons. The first-order valence-electron chi connectivity index (χ1n) is 6.32. The molecule has 0 fully saturated rings. The lowest BCUT2D eigenvalue weighted by Gasteiger charge is -2.13. The van der Waals surface area contributed by atoms with Crippen molar-refractivity contribution in [3.8, 4) is 0 Å². The summed E-state index contributed by atoms with van der Waals surface area (Å²) >= 11 is 0. The average molecular weight is 265 g/mol. The Labute approximate surface area is 109 Å². The zero-order chi connectivity index (χ0) is 13.0. The van der Waals surface area contributed by atoms with Crippen molar-refractivity contribution in [2.45, 2.75) is 37.5 Å². The summed E-state index contributed by atoms with van der Waals surface area (Å²) in [6.07, 6.45) is 6.62. The fraction of sp³-hybridized carbons (Fsp3) is 0.429. The third-order valence-electron chi connectivity index (χ3n) is 3.21. The Bertz CT molecular complexity index is 529. The Balaban J connectivity index is 2.03. The molecular weight excluding hydrogens is 246 g/mol. The maximum atomic E-state index is 12.0. The molecule has 4 heteroatoms. The predicted molar refractivity (Wildman–Crippen MR) is 72.9 cm³/mol. The summed E-state index contributed by atoms with van der Waals surface area (Å²) in [5.74, 6) is 0. The van der Waals surface area contributed by atoms with Crippen LogP contribution < -0.4 is 4.72 Å². The SMILES string of the molecule is Cc1ccc(S(=O)(=O)NCC2=CCCCC2)cc1. The van der Waals surface area contributed by atoms with Crippen molar-refractivity contribution < 1.29 is 8.42 Å². The van der Waals surface area contributed by atoms with Gasteiger partial charge in [0.15, 0.2) is 0 Å². The summed E-state index contributed by atoms with van der Waals surface area (Å²) in [4.78, 5) is 0.338. The molecule has 0 spiro atoms. The summed E-state index contributed by atoms with van der Waals surface area (Å²) in [6, 6.07) is 6.92. The summed E-state index contributed by atoms with van der Waals surface area (Å²) in [6.45, 7) is 2.38. The van der Waals surface area contributed by atoms with Gasteiger partial charge in [-0.3, -0.25) is 0 Å². The van der Waals surface area contributed by atoms with Crippen LogP contribution in [0.5, 0.6) is 0 Å². The highest BCUT2D eigenvalue weighted by Crippen LogP contribution is 2.17. The van der Waals surface area contributed by atoms with E-state index in [1.807, 2.05) is 19.1 Å². The minimum Gasteiger partial charge on any atom is -0.207 e. The van der Waals surface area contributed by atoms with Crippen molar-refractivity contribution in [3.05, 3.63) is 41.5 Å². The first-order valence-corrected chi connectivity index (χ1v) is 7.80. The Morgan fingerprint density at radius 1 is 1.17 bits per heavy atom. The van der Waals surface area contributed by atoms with E-state index in [9.17, 15) is 8.42 Å². The molecule has 0 amide bonds. The number of benzene rings is 1. The predicted octanol–water partition coefficient (Wildman–Crippen LogP) is 2.77. The molecule has 0 saturated carbocycles. The van der Waals surface area contributed by atoms with Crippen LogP contribution in [0, 0.1) is 6.92 Å². The van der Waals surface area contributed by atoms with Gasteiger partial charge in [0, 0.05) is 6.54 Å². The molecule has 18 heavy (non-hydrogen) atoms. The highest BCUT2D eigenvalue weighted by molar-refractivity contribution is 7.89.